The Labute approximate surface area is 147 Å². The quantitative estimate of drug-likeness (QED) is 0.710. The summed E-state index contributed by atoms with van der Waals surface area (Å²) in [6, 6.07) is 2.55. The van der Waals surface area contributed by atoms with E-state index in [1.807, 2.05) is 19.9 Å². The summed E-state index contributed by atoms with van der Waals surface area (Å²) >= 11 is 6.87. The fraction of sp³-hybridized carbons (Fsp3) is 0.625. The average Bonchev–Trinajstić information content (AvgIpc) is 2.99. The van der Waals surface area contributed by atoms with Crippen LogP contribution < -0.4 is 4.72 Å². The van der Waals surface area contributed by atoms with Gasteiger partial charge < -0.3 is 5.11 Å². The number of sulfonamides is 1. The highest BCUT2D eigenvalue weighted by Crippen LogP contribution is 2.29. The molecule has 1 heterocycles. The van der Waals surface area contributed by atoms with E-state index in [1.54, 1.807) is 6.07 Å². The SMILES string of the molecule is CCC(C)[C@H](NS(=O)(=O)c1ccc(Cl)s1)[C@@H](O)C1C=CCCC1. The van der Waals surface area contributed by atoms with E-state index in [0.29, 0.717) is 4.34 Å². The van der Waals surface area contributed by atoms with E-state index in [9.17, 15) is 13.5 Å². The molecule has 0 bridgehead atoms. The molecule has 2 rings (SSSR count). The van der Waals surface area contributed by atoms with Gasteiger partial charge in [-0.1, -0.05) is 44.0 Å². The number of halogens is 1. The second-order valence-corrected chi connectivity index (χ2v) is 9.76. The van der Waals surface area contributed by atoms with Crippen molar-refractivity contribution in [3.05, 3.63) is 28.6 Å². The van der Waals surface area contributed by atoms with Crippen molar-refractivity contribution in [2.24, 2.45) is 11.8 Å². The molecule has 4 nitrogen and oxygen atoms in total. The molecule has 130 valence electrons. The number of thiophene rings is 1. The Balaban J connectivity index is 2.21. The number of aliphatic hydroxyl groups is 1. The van der Waals surface area contributed by atoms with Crippen LogP contribution in [0.15, 0.2) is 28.5 Å². The van der Waals surface area contributed by atoms with E-state index in [0.717, 1.165) is 37.0 Å². The van der Waals surface area contributed by atoms with Gasteiger partial charge >= 0.3 is 0 Å². The Hall–Kier alpha value is -0.400. The van der Waals surface area contributed by atoms with E-state index < -0.39 is 22.2 Å². The first-order valence-corrected chi connectivity index (χ1v) is 10.6. The Morgan fingerprint density at radius 3 is 2.74 bits per heavy atom. The molecule has 0 spiro atoms. The largest absolute Gasteiger partial charge is 0.391 e. The van der Waals surface area contributed by atoms with Crippen molar-refractivity contribution in [2.45, 2.75) is 55.9 Å². The molecular weight excluding hydrogens is 354 g/mol. The second-order valence-electron chi connectivity index (χ2n) is 6.10. The van der Waals surface area contributed by atoms with Crippen LogP contribution in [0.25, 0.3) is 0 Å². The zero-order chi connectivity index (χ0) is 17.0. The van der Waals surface area contributed by atoms with Crippen molar-refractivity contribution in [1.29, 1.82) is 0 Å². The van der Waals surface area contributed by atoms with E-state index in [1.165, 1.54) is 6.07 Å². The molecule has 4 atom stereocenters. The first-order chi connectivity index (χ1) is 10.8. The standard InChI is InChI=1S/C16H24ClNO3S2/c1-3-11(2)15(16(19)12-7-5-4-6-8-12)18-23(20,21)14-10-9-13(17)22-14/h5,7,9-12,15-16,18-19H,3-4,6,8H2,1-2H3/t11?,12?,15-,16-/m0/s1. The zero-order valence-electron chi connectivity index (χ0n) is 13.4. The maximum absolute atomic E-state index is 12.6. The Kier molecular flexibility index (Phi) is 6.68. The molecule has 2 N–H and O–H groups in total. The van der Waals surface area contributed by atoms with Crippen molar-refractivity contribution in [2.75, 3.05) is 0 Å². The smallest absolute Gasteiger partial charge is 0.250 e. The summed E-state index contributed by atoms with van der Waals surface area (Å²) in [6.07, 6.45) is 7.07. The lowest BCUT2D eigenvalue weighted by atomic mass is 9.83. The van der Waals surface area contributed by atoms with Crippen LogP contribution >= 0.6 is 22.9 Å². The Morgan fingerprint density at radius 2 is 2.22 bits per heavy atom. The maximum atomic E-state index is 12.6. The molecule has 1 aromatic rings. The summed E-state index contributed by atoms with van der Waals surface area (Å²) in [5.41, 5.74) is 0. The fourth-order valence-corrected chi connectivity index (χ4v) is 5.71. The Bertz CT molecular complexity index is 642. The lowest BCUT2D eigenvalue weighted by Gasteiger charge is -2.33. The van der Waals surface area contributed by atoms with E-state index in [-0.39, 0.29) is 16.0 Å². The normalized spacial score (nSPS) is 22.7. The van der Waals surface area contributed by atoms with Gasteiger partial charge in [0, 0.05) is 5.92 Å². The molecule has 0 saturated heterocycles. The number of allylic oxidation sites excluding steroid dienone is 1. The van der Waals surface area contributed by atoms with Gasteiger partial charge in [0.05, 0.1) is 16.5 Å². The highest BCUT2D eigenvalue weighted by Gasteiger charge is 2.34. The van der Waals surface area contributed by atoms with E-state index in [2.05, 4.69) is 10.8 Å². The third-order valence-corrected chi connectivity index (χ3v) is 7.64. The molecule has 0 aromatic carbocycles. The number of hydrogen-bond acceptors (Lipinski definition) is 4. The van der Waals surface area contributed by atoms with Crippen LogP contribution in [0.2, 0.25) is 4.34 Å². The summed E-state index contributed by atoms with van der Waals surface area (Å²) in [6.45, 7) is 3.96. The first kappa shape index (κ1) is 18.9. The monoisotopic (exact) mass is 377 g/mol. The minimum Gasteiger partial charge on any atom is -0.391 e. The van der Waals surface area contributed by atoms with Gasteiger partial charge in [0.1, 0.15) is 4.21 Å². The highest BCUT2D eigenvalue weighted by molar-refractivity contribution is 7.91. The minimum atomic E-state index is -3.68. The summed E-state index contributed by atoms with van der Waals surface area (Å²) in [4.78, 5) is 0. The number of aliphatic hydroxyl groups excluding tert-OH is 1. The first-order valence-electron chi connectivity index (χ1n) is 7.97. The molecule has 0 aliphatic heterocycles. The van der Waals surface area contributed by atoms with Gasteiger partial charge in [-0.25, -0.2) is 13.1 Å². The van der Waals surface area contributed by atoms with Crippen molar-refractivity contribution in [1.82, 2.24) is 4.72 Å². The van der Waals surface area contributed by atoms with Gasteiger partial charge in [0.15, 0.2) is 0 Å². The van der Waals surface area contributed by atoms with Gasteiger partial charge in [-0.05, 0) is 37.3 Å². The fourth-order valence-electron chi connectivity index (χ4n) is 2.85. The lowest BCUT2D eigenvalue weighted by Crippen LogP contribution is -2.49. The van der Waals surface area contributed by atoms with Crippen LogP contribution in [-0.2, 0) is 10.0 Å². The molecule has 1 aliphatic rings. The topological polar surface area (TPSA) is 66.4 Å². The highest BCUT2D eigenvalue weighted by atomic mass is 35.5. The number of nitrogens with one attached hydrogen (secondary N) is 1. The van der Waals surface area contributed by atoms with Gasteiger partial charge in [-0.3, -0.25) is 0 Å². The Morgan fingerprint density at radius 1 is 1.48 bits per heavy atom. The zero-order valence-corrected chi connectivity index (χ0v) is 15.8. The molecule has 0 amide bonds. The van der Waals surface area contributed by atoms with E-state index in [4.69, 9.17) is 11.6 Å². The molecule has 0 radical (unpaired) electrons. The predicted molar refractivity (Wildman–Crippen MR) is 95.4 cm³/mol. The van der Waals surface area contributed by atoms with Crippen LogP contribution in [0, 0.1) is 11.8 Å². The van der Waals surface area contributed by atoms with Gasteiger partial charge in [0.25, 0.3) is 0 Å². The molecular formula is C16H24ClNO3S2. The van der Waals surface area contributed by atoms with Crippen LogP contribution in [0.3, 0.4) is 0 Å². The minimum absolute atomic E-state index is 0.00243. The van der Waals surface area contributed by atoms with Crippen LogP contribution in [0.1, 0.15) is 39.5 Å². The summed E-state index contributed by atoms with van der Waals surface area (Å²) < 4.78 is 28.5. The van der Waals surface area contributed by atoms with Crippen LogP contribution in [-0.4, -0.2) is 25.7 Å². The summed E-state index contributed by atoms with van der Waals surface area (Å²) in [5.74, 6) is 0.0305. The molecule has 23 heavy (non-hydrogen) atoms. The van der Waals surface area contributed by atoms with Crippen molar-refractivity contribution < 1.29 is 13.5 Å². The van der Waals surface area contributed by atoms with E-state index >= 15 is 0 Å². The van der Waals surface area contributed by atoms with Crippen molar-refractivity contribution >= 4 is 33.0 Å². The summed E-state index contributed by atoms with van der Waals surface area (Å²) in [7, 11) is -3.68. The van der Waals surface area contributed by atoms with Crippen molar-refractivity contribution in [3.63, 3.8) is 0 Å². The predicted octanol–water partition coefficient (Wildman–Crippen LogP) is 3.81. The molecule has 1 aromatic heterocycles. The molecule has 1 aliphatic carbocycles. The van der Waals surface area contributed by atoms with Gasteiger partial charge in [0.2, 0.25) is 10.0 Å². The molecule has 7 heteroatoms. The van der Waals surface area contributed by atoms with Crippen molar-refractivity contribution in [3.8, 4) is 0 Å². The van der Waals surface area contributed by atoms with Crippen LogP contribution in [0.4, 0.5) is 0 Å². The van der Waals surface area contributed by atoms with Gasteiger partial charge in [-0.15, -0.1) is 11.3 Å². The second kappa shape index (κ2) is 8.12. The number of rotatable bonds is 7. The number of hydrogen-bond donors (Lipinski definition) is 2. The lowest BCUT2D eigenvalue weighted by molar-refractivity contribution is 0.0685. The average molecular weight is 378 g/mol. The summed E-state index contributed by atoms with van der Waals surface area (Å²) in [5, 5.41) is 10.7. The molecule has 0 fully saturated rings. The molecule has 0 saturated carbocycles. The third kappa shape index (κ3) is 4.79. The maximum Gasteiger partial charge on any atom is 0.250 e. The van der Waals surface area contributed by atoms with Crippen LogP contribution in [0.5, 0.6) is 0 Å². The van der Waals surface area contributed by atoms with Gasteiger partial charge in [-0.2, -0.15) is 0 Å². The molecule has 2 unspecified atom stereocenters. The third-order valence-electron chi connectivity index (χ3n) is 4.46.